The van der Waals surface area contributed by atoms with Gasteiger partial charge in [0, 0.05) is 0 Å². The summed E-state index contributed by atoms with van der Waals surface area (Å²) in [5, 5.41) is 10.8. The lowest BCUT2D eigenvalue weighted by Crippen LogP contribution is -2.34. The Bertz CT molecular complexity index is 228. The predicted molar refractivity (Wildman–Crippen MR) is 77.6 cm³/mol. The molecule has 0 amide bonds. The summed E-state index contributed by atoms with van der Waals surface area (Å²) in [6.07, 6.45) is 14.4. The first-order chi connectivity index (χ1) is 8.66. The van der Waals surface area contributed by atoms with Gasteiger partial charge in [-0.1, -0.05) is 46.0 Å². The lowest BCUT2D eigenvalue weighted by Gasteiger charge is -2.29. The first-order valence-electron chi connectivity index (χ1n) is 8.39. The molecule has 0 aliphatic heterocycles. The van der Waals surface area contributed by atoms with Crippen LogP contribution in [0, 0.1) is 17.8 Å². The summed E-state index contributed by atoms with van der Waals surface area (Å²) in [4.78, 5) is 0. The third kappa shape index (κ3) is 3.98. The molecule has 0 heterocycles. The van der Waals surface area contributed by atoms with Gasteiger partial charge in [0.25, 0.3) is 0 Å². The van der Waals surface area contributed by atoms with Gasteiger partial charge in [-0.25, -0.2) is 0 Å². The Balaban J connectivity index is 1.63. The molecular formula is C17H32O. The zero-order valence-corrected chi connectivity index (χ0v) is 12.5. The molecular weight excluding hydrogens is 220 g/mol. The molecule has 18 heavy (non-hydrogen) atoms. The molecule has 1 N–H and O–H groups in total. The summed E-state index contributed by atoms with van der Waals surface area (Å²) in [7, 11) is 0. The minimum atomic E-state index is -0.252. The molecule has 2 aliphatic rings. The van der Waals surface area contributed by atoms with Gasteiger partial charge < -0.3 is 5.11 Å². The van der Waals surface area contributed by atoms with Gasteiger partial charge >= 0.3 is 0 Å². The number of aliphatic hydroxyl groups is 1. The predicted octanol–water partition coefficient (Wildman–Crippen LogP) is 4.92. The Labute approximate surface area is 113 Å². The van der Waals surface area contributed by atoms with Crippen molar-refractivity contribution in [2.24, 2.45) is 17.8 Å². The highest BCUT2D eigenvalue weighted by molar-refractivity contribution is 5.03. The molecule has 0 aromatic rings. The van der Waals surface area contributed by atoms with Crippen LogP contribution in [0.5, 0.6) is 0 Å². The van der Waals surface area contributed by atoms with Crippen LogP contribution in [-0.2, 0) is 0 Å². The largest absolute Gasteiger partial charge is 0.389 e. The monoisotopic (exact) mass is 252 g/mol. The average Bonchev–Trinajstić information content (AvgIpc) is 3.20. The summed E-state index contributed by atoms with van der Waals surface area (Å²) < 4.78 is 0. The molecule has 1 atom stereocenters. The molecule has 0 radical (unpaired) electrons. The topological polar surface area (TPSA) is 20.2 Å². The maximum Gasteiger partial charge on any atom is 0.0703 e. The molecule has 0 aromatic carbocycles. The SMILES string of the molecule is CCCCCCC(C)CCC(O)(C1CC1)C1CC1. The van der Waals surface area contributed by atoms with E-state index in [-0.39, 0.29) is 5.60 Å². The molecule has 2 saturated carbocycles. The normalized spacial score (nSPS) is 22.2. The molecule has 2 aliphatic carbocycles. The first-order valence-corrected chi connectivity index (χ1v) is 8.39. The fourth-order valence-electron chi connectivity index (χ4n) is 3.45. The van der Waals surface area contributed by atoms with Crippen LogP contribution in [0.25, 0.3) is 0 Å². The molecule has 106 valence electrons. The number of unbranched alkanes of at least 4 members (excludes halogenated alkanes) is 3. The van der Waals surface area contributed by atoms with Crippen LogP contribution < -0.4 is 0 Å². The van der Waals surface area contributed by atoms with Gasteiger partial charge in [0.2, 0.25) is 0 Å². The molecule has 1 unspecified atom stereocenters. The van der Waals surface area contributed by atoms with E-state index in [0.717, 1.165) is 12.3 Å². The molecule has 0 saturated heterocycles. The summed E-state index contributed by atoms with van der Waals surface area (Å²) in [6.45, 7) is 4.65. The van der Waals surface area contributed by atoms with Crippen LogP contribution in [0.4, 0.5) is 0 Å². The van der Waals surface area contributed by atoms with E-state index in [2.05, 4.69) is 13.8 Å². The van der Waals surface area contributed by atoms with Gasteiger partial charge in [0.05, 0.1) is 5.60 Å². The van der Waals surface area contributed by atoms with E-state index >= 15 is 0 Å². The summed E-state index contributed by atoms with van der Waals surface area (Å²) in [5.41, 5.74) is -0.252. The van der Waals surface area contributed by atoms with Gasteiger partial charge in [-0.15, -0.1) is 0 Å². The standard InChI is InChI=1S/C17H32O/c1-3-4-5-6-7-14(2)12-13-17(18,15-8-9-15)16-10-11-16/h14-16,18H,3-13H2,1-2H3. The average molecular weight is 252 g/mol. The van der Waals surface area contributed by atoms with Crippen LogP contribution in [0.3, 0.4) is 0 Å². The number of hydrogen-bond donors (Lipinski definition) is 1. The van der Waals surface area contributed by atoms with Crippen LogP contribution in [0.2, 0.25) is 0 Å². The van der Waals surface area contributed by atoms with Crippen molar-refractivity contribution in [2.75, 3.05) is 0 Å². The van der Waals surface area contributed by atoms with E-state index in [0.29, 0.717) is 11.8 Å². The minimum Gasteiger partial charge on any atom is -0.389 e. The Morgan fingerprint density at radius 3 is 2.11 bits per heavy atom. The zero-order valence-electron chi connectivity index (χ0n) is 12.5. The van der Waals surface area contributed by atoms with E-state index in [9.17, 15) is 5.11 Å². The van der Waals surface area contributed by atoms with Gasteiger partial charge in [-0.3, -0.25) is 0 Å². The van der Waals surface area contributed by atoms with Crippen LogP contribution >= 0.6 is 0 Å². The third-order valence-electron chi connectivity index (χ3n) is 5.16. The van der Waals surface area contributed by atoms with E-state index in [1.807, 2.05) is 0 Å². The van der Waals surface area contributed by atoms with Gasteiger partial charge in [0.15, 0.2) is 0 Å². The van der Waals surface area contributed by atoms with E-state index < -0.39 is 0 Å². The van der Waals surface area contributed by atoms with Crippen molar-refractivity contribution in [3.63, 3.8) is 0 Å². The Morgan fingerprint density at radius 2 is 1.61 bits per heavy atom. The fourth-order valence-corrected chi connectivity index (χ4v) is 3.45. The summed E-state index contributed by atoms with van der Waals surface area (Å²) in [6, 6.07) is 0. The molecule has 0 spiro atoms. The van der Waals surface area contributed by atoms with Crippen molar-refractivity contribution in [2.45, 2.75) is 90.1 Å². The van der Waals surface area contributed by atoms with E-state index in [1.165, 1.54) is 64.2 Å². The highest BCUT2D eigenvalue weighted by Crippen LogP contribution is 2.54. The van der Waals surface area contributed by atoms with Crippen LogP contribution in [0.15, 0.2) is 0 Å². The maximum absolute atomic E-state index is 10.8. The maximum atomic E-state index is 10.8. The Kier molecular flexibility index (Phi) is 5.12. The van der Waals surface area contributed by atoms with Crippen molar-refractivity contribution in [1.82, 2.24) is 0 Å². The number of hydrogen-bond acceptors (Lipinski definition) is 1. The fraction of sp³-hybridized carbons (Fsp3) is 1.00. The highest BCUT2D eigenvalue weighted by Gasteiger charge is 2.52. The van der Waals surface area contributed by atoms with Gasteiger partial charge in [0.1, 0.15) is 0 Å². The minimum absolute atomic E-state index is 0.252. The van der Waals surface area contributed by atoms with Crippen molar-refractivity contribution in [1.29, 1.82) is 0 Å². The first kappa shape index (κ1) is 14.4. The van der Waals surface area contributed by atoms with Crippen molar-refractivity contribution in [3.05, 3.63) is 0 Å². The molecule has 1 nitrogen and oxygen atoms in total. The molecule has 0 aromatic heterocycles. The quantitative estimate of drug-likeness (QED) is 0.547. The molecule has 2 fully saturated rings. The van der Waals surface area contributed by atoms with Gasteiger partial charge in [-0.05, 0) is 56.3 Å². The zero-order chi connectivity index (χ0) is 13.0. The molecule has 0 bridgehead atoms. The smallest absolute Gasteiger partial charge is 0.0703 e. The third-order valence-corrected chi connectivity index (χ3v) is 5.16. The van der Waals surface area contributed by atoms with Crippen molar-refractivity contribution < 1.29 is 5.11 Å². The van der Waals surface area contributed by atoms with Crippen LogP contribution in [0.1, 0.15) is 84.5 Å². The molecule has 2 rings (SSSR count). The second-order valence-electron chi connectivity index (χ2n) is 7.03. The second kappa shape index (κ2) is 6.41. The Morgan fingerprint density at radius 1 is 1.00 bits per heavy atom. The highest BCUT2D eigenvalue weighted by atomic mass is 16.3. The van der Waals surface area contributed by atoms with E-state index in [1.54, 1.807) is 0 Å². The van der Waals surface area contributed by atoms with E-state index in [4.69, 9.17) is 0 Å². The lowest BCUT2D eigenvalue weighted by molar-refractivity contribution is -0.0180. The van der Waals surface area contributed by atoms with Crippen molar-refractivity contribution >= 4 is 0 Å². The summed E-state index contributed by atoms with van der Waals surface area (Å²) >= 11 is 0. The Hall–Kier alpha value is -0.0400. The van der Waals surface area contributed by atoms with Crippen molar-refractivity contribution in [3.8, 4) is 0 Å². The van der Waals surface area contributed by atoms with Crippen LogP contribution in [-0.4, -0.2) is 10.7 Å². The molecule has 1 heteroatoms. The second-order valence-corrected chi connectivity index (χ2v) is 7.03. The van der Waals surface area contributed by atoms with Gasteiger partial charge in [-0.2, -0.15) is 0 Å². The lowest BCUT2D eigenvalue weighted by atomic mass is 9.83. The summed E-state index contributed by atoms with van der Waals surface area (Å²) in [5.74, 6) is 2.14. The number of rotatable bonds is 10.